The summed E-state index contributed by atoms with van der Waals surface area (Å²) in [7, 11) is 4.09. The van der Waals surface area contributed by atoms with E-state index >= 15 is 0 Å². The molecule has 2 unspecified atom stereocenters. The second-order valence-corrected chi connectivity index (χ2v) is 6.50. The van der Waals surface area contributed by atoms with Crippen LogP contribution in [0.1, 0.15) is 36.8 Å². The zero-order chi connectivity index (χ0) is 15.4. The molecular formula is C17H27N3O. The molecule has 1 fully saturated rings. The van der Waals surface area contributed by atoms with E-state index in [1.165, 1.54) is 5.56 Å². The van der Waals surface area contributed by atoms with Crippen molar-refractivity contribution >= 4 is 11.6 Å². The average Bonchev–Trinajstić information content (AvgIpc) is 2.42. The van der Waals surface area contributed by atoms with Crippen molar-refractivity contribution in [2.45, 2.75) is 45.2 Å². The Hall–Kier alpha value is -1.39. The van der Waals surface area contributed by atoms with Gasteiger partial charge in [-0.2, -0.15) is 0 Å². The van der Waals surface area contributed by atoms with Crippen LogP contribution in [0.15, 0.2) is 18.2 Å². The predicted molar refractivity (Wildman–Crippen MR) is 87.1 cm³/mol. The summed E-state index contributed by atoms with van der Waals surface area (Å²) in [5, 5.41) is 3.10. The molecule has 1 aliphatic carbocycles. The molecule has 4 nitrogen and oxygen atoms in total. The van der Waals surface area contributed by atoms with Crippen LogP contribution in [0.5, 0.6) is 0 Å². The Labute approximate surface area is 127 Å². The van der Waals surface area contributed by atoms with E-state index in [0.29, 0.717) is 0 Å². The first kappa shape index (κ1) is 16.0. The highest BCUT2D eigenvalue weighted by molar-refractivity contribution is 5.93. The average molecular weight is 289 g/mol. The molecule has 1 saturated carbocycles. The summed E-state index contributed by atoms with van der Waals surface area (Å²) < 4.78 is 0. The zero-order valence-electron chi connectivity index (χ0n) is 13.4. The predicted octanol–water partition coefficient (Wildman–Crippen LogP) is 2.51. The molecule has 1 aliphatic rings. The molecule has 1 aromatic carbocycles. The lowest BCUT2D eigenvalue weighted by Gasteiger charge is -2.26. The zero-order valence-corrected chi connectivity index (χ0v) is 13.4. The molecule has 0 spiro atoms. The number of nitrogens with zero attached hydrogens (tertiary/aromatic N) is 1. The fourth-order valence-electron chi connectivity index (χ4n) is 2.97. The molecule has 4 heteroatoms. The Bertz CT molecular complexity index is 499. The number of aryl methyl sites for hydroxylation is 1. The molecular weight excluding hydrogens is 262 g/mol. The number of amides is 1. The van der Waals surface area contributed by atoms with Crippen molar-refractivity contribution in [2.75, 3.05) is 19.4 Å². The standard InChI is InChI=1S/C17H27N3O/c1-12-7-8-13(11-20(2)3)9-16(12)19-17(21)14-5-4-6-15(18)10-14/h7-9,14-15H,4-6,10-11,18H2,1-3H3,(H,19,21). The fraction of sp³-hybridized carbons (Fsp3) is 0.588. The largest absolute Gasteiger partial charge is 0.328 e. The van der Waals surface area contributed by atoms with Gasteiger partial charge >= 0.3 is 0 Å². The van der Waals surface area contributed by atoms with Gasteiger partial charge in [-0.05, 0) is 57.5 Å². The maximum absolute atomic E-state index is 12.4. The summed E-state index contributed by atoms with van der Waals surface area (Å²) in [6.07, 6.45) is 3.86. The molecule has 0 aromatic heterocycles. The second-order valence-electron chi connectivity index (χ2n) is 6.50. The SMILES string of the molecule is Cc1ccc(CN(C)C)cc1NC(=O)C1CCCC(N)C1. The van der Waals surface area contributed by atoms with Crippen molar-refractivity contribution in [3.8, 4) is 0 Å². The highest BCUT2D eigenvalue weighted by atomic mass is 16.1. The number of anilines is 1. The molecule has 0 radical (unpaired) electrons. The number of nitrogens with one attached hydrogen (secondary N) is 1. The van der Waals surface area contributed by atoms with Crippen molar-refractivity contribution in [1.29, 1.82) is 0 Å². The van der Waals surface area contributed by atoms with Crippen LogP contribution >= 0.6 is 0 Å². The van der Waals surface area contributed by atoms with Gasteiger partial charge in [0.2, 0.25) is 5.91 Å². The number of hydrogen-bond donors (Lipinski definition) is 2. The number of carbonyl (C=O) groups is 1. The smallest absolute Gasteiger partial charge is 0.227 e. The molecule has 116 valence electrons. The van der Waals surface area contributed by atoms with Gasteiger partial charge in [-0.3, -0.25) is 4.79 Å². The highest BCUT2D eigenvalue weighted by Crippen LogP contribution is 2.25. The van der Waals surface area contributed by atoms with Crippen molar-refractivity contribution in [3.05, 3.63) is 29.3 Å². The maximum Gasteiger partial charge on any atom is 0.227 e. The third-order valence-corrected chi connectivity index (χ3v) is 4.14. The number of nitrogens with two attached hydrogens (primary N) is 1. The Kier molecular flexibility index (Phi) is 5.37. The van der Waals surface area contributed by atoms with Gasteiger partial charge in [-0.1, -0.05) is 18.6 Å². The molecule has 3 N–H and O–H groups in total. The summed E-state index contributed by atoms with van der Waals surface area (Å²) in [5.41, 5.74) is 9.22. The van der Waals surface area contributed by atoms with Crippen molar-refractivity contribution in [3.63, 3.8) is 0 Å². The minimum absolute atomic E-state index is 0.0608. The summed E-state index contributed by atoms with van der Waals surface area (Å²) >= 11 is 0. The Balaban J connectivity index is 2.05. The van der Waals surface area contributed by atoms with Crippen LogP contribution in [-0.2, 0) is 11.3 Å². The lowest BCUT2D eigenvalue weighted by Crippen LogP contribution is -2.34. The fourth-order valence-corrected chi connectivity index (χ4v) is 2.97. The van der Waals surface area contributed by atoms with E-state index in [2.05, 4.69) is 28.4 Å². The van der Waals surface area contributed by atoms with Gasteiger partial charge in [0.25, 0.3) is 0 Å². The summed E-state index contributed by atoms with van der Waals surface area (Å²) in [4.78, 5) is 14.5. The molecule has 0 saturated heterocycles. The van der Waals surface area contributed by atoms with Crippen LogP contribution in [0, 0.1) is 12.8 Å². The van der Waals surface area contributed by atoms with E-state index in [4.69, 9.17) is 5.73 Å². The molecule has 0 bridgehead atoms. The van der Waals surface area contributed by atoms with E-state index < -0.39 is 0 Å². The first-order valence-corrected chi connectivity index (χ1v) is 7.76. The first-order chi connectivity index (χ1) is 9.95. The molecule has 1 amide bonds. The normalized spacial score (nSPS) is 22.3. The molecule has 21 heavy (non-hydrogen) atoms. The lowest BCUT2D eigenvalue weighted by molar-refractivity contribution is -0.120. The molecule has 0 heterocycles. The van der Waals surface area contributed by atoms with E-state index in [1.54, 1.807) is 0 Å². The van der Waals surface area contributed by atoms with Crippen LogP contribution in [0.2, 0.25) is 0 Å². The summed E-state index contributed by atoms with van der Waals surface area (Å²) in [6, 6.07) is 6.44. The van der Waals surface area contributed by atoms with Crippen molar-refractivity contribution in [1.82, 2.24) is 4.90 Å². The van der Waals surface area contributed by atoms with Gasteiger partial charge in [-0.25, -0.2) is 0 Å². The van der Waals surface area contributed by atoms with Gasteiger partial charge < -0.3 is 16.0 Å². The monoisotopic (exact) mass is 289 g/mol. The van der Waals surface area contributed by atoms with Crippen LogP contribution in [-0.4, -0.2) is 30.9 Å². The Morgan fingerprint density at radius 1 is 1.38 bits per heavy atom. The number of carbonyl (C=O) groups excluding carboxylic acids is 1. The number of benzene rings is 1. The maximum atomic E-state index is 12.4. The van der Waals surface area contributed by atoms with Crippen LogP contribution in [0.3, 0.4) is 0 Å². The van der Waals surface area contributed by atoms with E-state index in [1.807, 2.05) is 21.0 Å². The number of rotatable bonds is 4. The van der Waals surface area contributed by atoms with Gasteiger partial charge in [0.15, 0.2) is 0 Å². The third kappa shape index (κ3) is 4.55. The van der Waals surface area contributed by atoms with Crippen molar-refractivity contribution < 1.29 is 4.79 Å². The van der Waals surface area contributed by atoms with E-state index in [9.17, 15) is 4.79 Å². The van der Waals surface area contributed by atoms with E-state index in [-0.39, 0.29) is 17.9 Å². The minimum Gasteiger partial charge on any atom is -0.328 e. The summed E-state index contributed by atoms with van der Waals surface area (Å²) in [5.74, 6) is 0.181. The number of hydrogen-bond acceptors (Lipinski definition) is 3. The molecule has 1 aromatic rings. The van der Waals surface area contributed by atoms with Crippen LogP contribution in [0.25, 0.3) is 0 Å². The van der Waals surface area contributed by atoms with Gasteiger partial charge in [-0.15, -0.1) is 0 Å². The van der Waals surface area contributed by atoms with Gasteiger partial charge in [0.05, 0.1) is 0 Å². The molecule has 2 rings (SSSR count). The Morgan fingerprint density at radius 3 is 2.81 bits per heavy atom. The van der Waals surface area contributed by atoms with Gasteiger partial charge in [0, 0.05) is 24.2 Å². The topological polar surface area (TPSA) is 58.4 Å². The minimum atomic E-state index is 0.0608. The first-order valence-electron chi connectivity index (χ1n) is 7.76. The lowest BCUT2D eigenvalue weighted by atomic mass is 9.85. The molecule has 0 aliphatic heterocycles. The summed E-state index contributed by atoms with van der Waals surface area (Å²) in [6.45, 7) is 2.90. The molecule has 2 atom stereocenters. The van der Waals surface area contributed by atoms with Crippen LogP contribution in [0.4, 0.5) is 5.69 Å². The van der Waals surface area contributed by atoms with Crippen LogP contribution < -0.4 is 11.1 Å². The quantitative estimate of drug-likeness (QED) is 0.895. The highest BCUT2D eigenvalue weighted by Gasteiger charge is 2.25. The van der Waals surface area contributed by atoms with Crippen molar-refractivity contribution in [2.24, 2.45) is 11.7 Å². The Morgan fingerprint density at radius 2 is 2.14 bits per heavy atom. The third-order valence-electron chi connectivity index (χ3n) is 4.14. The second kappa shape index (κ2) is 7.05. The van der Waals surface area contributed by atoms with E-state index in [0.717, 1.165) is 43.5 Å². The van der Waals surface area contributed by atoms with Gasteiger partial charge in [0.1, 0.15) is 0 Å².